The summed E-state index contributed by atoms with van der Waals surface area (Å²) in [7, 11) is 0. The molecule has 0 unspecified atom stereocenters. The third-order valence-electron chi connectivity index (χ3n) is 3.30. The lowest BCUT2D eigenvalue weighted by molar-refractivity contribution is -0.151. The van der Waals surface area contributed by atoms with Gasteiger partial charge in [-0.15, -0.1) is 0 Å². The van der Waals surface area contributed by atoms with E-state index in [2.05, 4.69) is 12.1 Å². The van der Waals surface area contributed by atoms with Crippen LogP contribution >= 0.6 is 0 Å². The number of amides is 1. The number of rotatable bonds is 2. The van der Waals surface area contributed by atoms with E-state index < -0.39 is 0 Å². The van der Waals surface area contributed by atoms with Gasteiger partial charge in [-0.2, -0.15) is 0 Å². The molecule has 1 heterocycles. The highest BCUT2D eigenvalue weighted by Gasteiger charge is 2.60. The van der Waals surface area contributed by atoms with Crippen LogP contribution in [0.15, 0.2) is 30.3 Å². The number of β-lactam (4-membered cyclic amide) rings is 1. The lowest BCUT2D eigenvalue weighted by Crippen LogP contribution is -2.53. The molecule has 0 N–H and O–H groups in total. The predicted octanol–water partition coefficient (Wildman–Crippen LogP) is 1.81. The average Bonchev–Trinajstić information content (AvgIpc) is 3.01. The normalized spacial score (nSPS) is 22.3. The second kappa shape index (κ2) is 2.59. The summed E-state index contributed by atoms with van der Waals surface area (Å²) in [6, 6.07) is 10.2. The number of hydrogen-bond acceptors (Lipinski definition) is 1. The van der Waals surface area contributed by atoms with E-state index in [0.717, 1.165) is 25.9 Å². The first-order chi connectivity index (χ1) is 6.80. The van der Waals surface area contributed by atoms with Gasteiger partial charge in [0.25, 0.3) is 0 Å². The second-order valence-electron chi connectivity index (χ2n) is 4.43. The molecule has 0 radical (unpaired) electrons. The van der Waals surface area contributed by atoms with Crippen molar-refractivity contribution in [1.29, 1.82) is 0 Å². The molecule has 1 spiro atoms. The van der Waals surface area contributed by atoms with Crippen molar-refractivity contribution >= 4 is 5.91 Å². The Hall–Kier alpha value is -1.31. The molecule has 2 aliphatic rings. The minimum Gasteiger partial charge on any atom is -0.337 e. The van der Waals surface area contributed by atoms with Gasteiger partial charge in [-0.05, 0) is 18.4 Å². The molecule has 1 saturated heterocycles. The molecule has 2 nitrogen and oxygen atoms in total. The Morgan fingerprint density at radius 1 is 1.21 bits per heavy atom. The van der Waals surface area contributed by atoms with Crippen molar-refractivity contribution in [2.24, 2.45) is 5.41 Å². The number of likely N-dealkylation sites (tertiary alicyclic amines) is 1. The Morgan fingerprint density at radius 3 is 2.50 bits per heavy atom. The summed E-state index contributed by atoms with van der Waals surface area (Å²) in [4.78, 5) is 13.6. The maximum atomic E-state index is 11.7. The van der Waals surface area contributed by atoms with Gasteiger partial charge in [0.2, 0.25) is 5.91 Å². The number of carbonyl (C=O) groups excluding carboxylic acids is 1. The van der Waals surface area contributed by atoms with Gasteiger partial charge in [0.05, 0.1) is 5.41 Å². The van der Waals surface area contributed by atoms with Crippen LogP contribution in [-0.2, 0) is 11.3 Å². The van der Waals surface area contributed by atoms with E-state index in [-0.39, 0.29) is 5.41 Å². The molecule has 1 amide bonds. The van der Waals surface area contributed by atoms with Gasteiger partial charge in [0.1, 0.15) is 0 Å². The predicted molar refractivity (Wildman–Crippen MR) is 53.5 cm³/mol. The van der Waals surface area contributed by atoms with Crippen molar-refractivity contribution in [1.82, 2.24) is 4.90 Å². The molecule has 14 heavy (non-hydrogen) atoms. The zero-order valence-electron chi connectivity index (χ0n) is 8.07. The van der Waals surface area contributed by atoms with Gasteiger partial charge < -0.3 is 4.90 Å². The molecule has 1 aromatic rings. The summed E-state index contributed by atoms with van der Waals surface area (Å²) in [5, 5.41) is 0. The maximum absolute atomic E-state index is 11.7. The molecular weight excluding hydrogens is 174 g/mol. The van der Waals surface area contributed by atoms with Gasteiger partial charge in [0, 0.05) is 13.1 Å². The Bertz CT molecular complexity index is 367. The second-order valence-corrected chi connectivity index (χ2v) is 4.43. The molecule has 0 bridgehead atoms. The molecule has 2 fully saturated rings. The molecule has 72 valence electrons. The van der Waals surface area contributed by atoms with Crippen molar-refractivity contribution in [2.45, 2.75) is 19.4 Å². The number of nitrogens with zero attached hydrogens (tertiary/aromatic N) is 1. The summed E-state index contributed by atoms with van der Waals surface area (Å²) < 4.78 is 0. The van der Waals surface area contributed by atoms with E-state index in [4.69, 9.17) is 0 Å². The molecule has 2 heteroatoms. The summed E-state index contributed by atoms with van der Waals surface area (Å²) in [5.41, 5.74) is 1.35. The van der Waals surface area contributed by atoms with Crippen molar-refractivity contribution < 1.29 is 4.79 Å². The van der Waals surface area contributed by atoms with E-state index in [0.29, 0.717) is 5.91 Å². The minimum absolute atomic E-state index is 0.120. The van der Waals surface area contributed by atoms with Crippen LogP contribution in [-0.4, -0.2) is 17.4 Å². The Labute approximate surface area is 83.5 Å². The molecule has 3 rings (SSSR count). The fourth-order valence-corrected chi connectivity index (χ4v) is 2.20. The van der Waals surface area contributed by atoms with Crippen LogP contribution in [0.5, 0.6) is 0 Å². The molecule has 1 aliphatic carbocycles. The quantitative estimate of drug-likeness (QED) is 0.646. The standard InChI is InChI=1S/C12H13NO/c14-11-12(6-7-12)9-13(11)8-10-4-2-1-3-5-10/h1-5H,6-9H2. The van der Waals surface area contributed by atoms with E-state index in [1.807, 2.05) is 23.1 Å². The van der Waals surface area contributed by atoms with Crippen LogP contribution in [0.1, 0.15) is 18.4 Å². The zero-order chi connectivity index (χ0) is 9.60. The number of carbonyl (C=O) groups is 1. The molecule has 0 atom stereocenters. The molecule has 1 aliphatic heterocycles. The Kier molecular flexibility index (Phi) is 1.49. The SMILES string of the molecule is O=C1N(Cc2ccccc2)CC12CC2. The van der Waals surface area contributed by atoms with Gasteiger partial charge >= 0.3 is 0 Å². The average molecular weight is 187 g/mol. The fraction of sp³-hybridized carbons (Fsp3) is 0.417. The summed E-state index contributed by atoms with van der Waals surface area (Å²) in [6.45, 7) is 1.78. The first-order valence-electron chi connectivity index (χ1n) is 5.14. The van der Waals surface area contributed by atoms with Gasteiger partial charge in [-0.3, -0.25) is 4.79 Å². The third kappa shape index (κ3) is 1.07. The lowest BCUT2D eigenvalue weighted by atomic mass is 9.95. The molecule has 1 saturated carbocycles. The van der Waals surface area contributed by atoms with E-state index >= 15 is 0 Å². The molecular formula is C12H13NO. The highest BCUT2D eigenvalue weighted by atomic mass is 16.2. The summed E-state index contributed by atoms with van der Waals surface area (Å²) >= 11 is 0. The van der Waals surface area contributed by atoms with Crippen LogP contribution in [0, 0.1) is 5.41 Å². The van der Waals surface area contributed by atoms with Crippen LogP contribution in [0.3, 0.4) is 0 Å². The van der Waals surface area contributed by atoms with Crippen molar-refractivity contribution in [3.8, 4) is 0 Å². The van der Waals surface area contributed by atoms with Crippen molar-refractivity contribution in [3.63, 3.8) is 0 Å². The van der Waals surface area contributed by atoms with Crippen LogP contribution in [0.2, 0.25) is 0 Å². The zero-order valence-corrected chi connectivity index (χ0v) is 8.07. The molecule has 1 aromatic carbocycles. The maximum Gasteiger partial charge on any atom is 0.230 e. The largest absolute Gasteiger partial charge is 0.337 e. The van der Waals surface area contributed by atoms with E-state index in [9.17, 15) is 4.79 Å². The van der Waals surface area contributed by atoms with Crippen molar-refractivity contribution in [2.75, 3.05) is 6.54 Å². The first-order valence-corrected chi connectivity index (χ1v) is 5.14. The highest BCUT2D eigenvalue weighted by Crippen LogP contribution is 2.54. The van der Waals surface area contributed by atoms with Gasteiger partial charge in [0.15, 0.2) is 0 Å². The fourth-order valence-electron chi connectivity index (χ4n) is 2.20. The first kappa shape index (κ1) is 8.04. The van der Waals surface area contributed by atoms with Gasteiger partial charge in [-0.1, -0.05) is 30.3 Å². The smallest absolute Gasteiger partial charge is 0.230 e. The van der Waals surface area contributed by atoms with Crippen LogP contribution < -0.4 is 0 Å². The topological polar surface area (TPSA) is 20.3 Å². The number of benzene rings is 1. The van der Waals surface area contributed by atoms with Crippen LogP contribution in [0.4, 0.5) is 0 Å². The monoisotopic (exact) mass is 187 g/mol. The molecule has 0 aromatic heterocycles. The highest BCUT2D eigenvalue weighted by molar-refractivity contribution is 5.91. The van der Waals surface area contributed by atoms with E-state index in [1.54, 1.807) is 0 Å². The Morgan fingerprint density at radius 2 is 1.93 bits per heavy atom. The Balaban J connectivity index is 1.67. The lowest BCUT2D eigenvalue weighted by Gasteiger charge is -2.39. The third-order valence-corrected chi connectivity index (χ3v) is 3.30. The summed E-state index contributed by atoms with van der Waals surface area (Å²) in [6.07, 6.45) is 2.24. The summed E-state index contributed by atoms with van der Waals surface area (Å²) in [5.74, 6) is 0.376. The van der Waals surface area contributed by atoms with Crippen molar-refractivity contribution in [3.05, 3.63) is 35.9 Å². The van der Waals surface area contributed by atoms with Gasteiger partial charge in [-0.25, -0.2) is 0 Å². The van der Waals surface area contributed by atoms with E-state index in [1.165, 1.54) is 5.56 Å². The van der Waals surface area contributed by atoms with Crippen LogP contribution in [0.25, 0.3) is 0 Å². The number of hydrogen-bond donors (Lipinski definition) is 0. The minimum atomic E-state index is 0.120.